The van der Waals surface area contributed by atoms with Gasteiger partial charge in [-0.15, -0.1) is 0 Å². The Hall–Kier alpha value is -2.10. The van der Waals surface area contributed by atoms with E-state index in [0.717, 1.165) is 12.1 Å². The first kappa shape index (κ1) is 14.0. The lowest BCUT2D eigenvalue weighted by atomic mass is 9.93. The molecule has 0 spiro atoms. The van der Waals surface area contributed by atoms with Crippen LogP contribution >= 0.6 is 0 Å². The SMILES string of the molecule is N#Cc1cc(C(CC(=O)O)C(F)(F)F)ccc1F. The van der Waals surface area contributed by atoms with Crippen molar-refractivity contribution in [3.63, 3.8) is 0 Å². The van der Waals surface area contributed by atoms with Crippen molar-refractivity contribution in [2.45, 2.75) is 18.5 Å². The molecular weight excluding hydrogens is 254 g/mol. The molecule has 1 aromatic carbocycles. The second-order valence-electron chi connectivity index (χ2n) is 3.54. The average Bonchev–Trinajstić information content (AvgIpc) is 2.25. The normalized spacial score (nSPS) is 12.8. The number of alkyl halides is 3. The zero-order chi connectivity index (χ0) is 13.9. The Labute approximate surface area is 99.3 Å². The van der Waals surface area contributed by atoms with Gasteiger partial charge in [0.2, 0.25) is 0 Å². The van der Waals surface area contributed by atoms with E-state index in [1.54, 1.807) is 0 Å². The summed E-state index contributed by atoms with van der Waals surface area (Å²) in [5.74, 6) is -4.83. The number of carboxylic acid groups (broad SMARTS) is 1. The Morgan fingerprint density at radius 3 is 2.50 bits per heavy atom. The molecule has 0 saturated carbocycles. The van der Waals surface area contributed by atoms with E-state index in [-0.39, 0.29) is 0 Å². The molecule has 96 valence electrons. The van der Waals surface area contributed by atoms with Crippen LogP contribution in [0.4, 0.5) is 17.6 Å². The second-order valence-corrected chi connectivity index (χ2v) is 3.54. The number of benzene rings is 1. The van der Waals surface area contributed by atoms with Gasteiger partial charge in [0.05, 0.1) is 17.9 Å². The molecule has 0 saturated heterocycles. The fourth-order valence-electron chi connectivity index (χ4n) is 1.44. The molecule has 0 bridgehead atoms. The summed E-state index contributed by atoms with van der Waals surface area (Å²) in [6, 6.07) is 3.67. The fraction of sp³-hybridized carbons (Fsp3) is 0.273. The van der Waals surface area contributed by atoms with Gasteiger partial charge >= 0.3 is 12.1 Å². The number of hydrogen-bond acceptors (Lipinski definition) is 2. The van der Waals surface area contributed by atoms with Gasteiger partial charge < -0.3 is 5.11 Å². The smallest absolute Gasteiger partial charge is 0.396 e. The molecular formula is C11H7F4NO2. The van der Waals surface area contributed by atoms with E-state index in [0.29, 0.717) is 6.07 Å². The summed E-state index contributed by atoms with van der Waals surface area (Å²) in [4.78, 5) is 10.4. The van der Waals surface area contributed by atoms with Gasteiger partial charge in [0.25, 0.3) is 0 Å². The van der Waals surface area contributed by atoms with Crippen LogP contribution in [-0.2, 0) is 4.79 Å². The summed E-state index contributed by atoms with van der Waals surface area (Å²) in [6.45, 7) is 0. The molecule has 1 unspecified atom stereocenters. The first-order chi connectivity index (χ1) is 8.25. The van der Waals surface area contributed by atoms with Crippen molar-refractivity contribution >= 4 is 5.97 Å². The molecule has 7 heteroatoms. The number of halogens is 4. The van der Waals surface area contributed by atoms with Gasteiger partial charge in [0.1, 0.15) is 11.9 Å². The minimum atomic E-state index is -4.77. The van der Waals surface area contributed by atoms with Crippen LogP contribution in [0.5, 0.6) is 0 Å². The van der Waals surface area contributed by atoms with E-state index < -0.39 is 41.4 Å². The standard InChI is InChI=1S/C11H7F4NO2/c12-9-2-1-6(3-7(9)5-16)8(4-10(17)18)11(13,14)15/h1-3,8H,4H2,(H,17,18). The first-order valence-corrected chi connectivity index (χ1v) is 4.73. The molecule has 18 heavy (non-hydrogen) atoms. The summed E-state index contributed by atoms with van der Waals surface area (Å²) in [5, 5.41) is 17.0. The van der Waals surface area contributed by atoms with Gasteiger partial charge in [0, 0.05) is 0 Å². The van der Waals surface area contributed by atoms with Crippen molar-refractivity contribution in [2.24, 2.45) is 0 Å². The second kappa shape index (κ2) is 5.04. The number of nitrogens with zero attached hydrogens (tertiary/aromatic N) is 1. The molecule has 0 heterocycles. The predicted molar refractivity (Wildman–Crippen MR) is 52.2 cm³/mol. The highest BCUT2D eigenvalue weighted by atomic mass is 19.4. The van der Waals surface area contributed by atoms with Gasteiger partial charge in [-0.3, -0.25) is 4.79 Å². The largest absolute Gasteiger partial charge is 0.481 e. The molecule has 0 aliphatic rings. The van der Waals surface area contributed by atoms with E-state index in [1.807, 2.05) is 0 Å². The third-order valence-electron chi connectivity index (χ3n) is 2.29. The Bertz CT molecular complexity index is 505. The molecule has 0 radical (unpaired) electrons. The topological polar surface area (TPSA) is 61.1 Å². The fourth-order valence-corrected chi connectivity index (χ4v) is 1.44. The maximum Gasteiger partial charge on any atom is 0.396 e. The highest BCUT2D eigenvalue weighted by molar-refractivity contribution is 5.68. The molecule has 1 aromatic rings. The minimum Gasteiger partial charge on any atom is -0.481 e. The van der Waals surface area contributed by atoms with Crippen LogP contribution < -0.4 is 0 Å². The van der Waals surface area contributed by atoms with Gasteiger partial charge in [-0.05, 0) is 17.7 Å². The molecule has 3 nitrogen and oxygen atoms in total. The van der Waals surface area contributed by atoms with Crippen LogP contribution in [0.1, 0.15) is 23.5 Å². The van der Waals surface area contributed by atoms with Crippen molar-refractivity contribution in [3.05, 3.63) is 35.1 Å². The predicted octanol–water partition coefficient (Wildman–Crippen LogP) is 2.82. The van der Waals surface area contributed by atoms with E-state index in [9.17, 15) is 22.4 Å². The van der Waals surface area contributed by atoms with Gasteiger partial charge in [-0.1, -0.05) is 6.07 Å². The Balaban J connectivity index is 3.22. The maximum absolute atomic E-state index is 13.0. The number of nitriles is 1. The van der Waals surface area contributed by atoms with E-state index in [4.69, 9.17) is 10.4 Å². The van der Waals surface area contributed by atoms with Gasteiger partial charge in [-0.2, -0.15) is 18.4 Å². The monoisotopic (exact) mass is 261 g/mol. The molecule has 1 N–H and O–H groups in total. The van der Waals surface area contributed by atoms with Gasteiger partial charge in [0.15, 0.2) is 0 Å². The summed E-state index contributed by atoms with van der Waals surface area (Å²) in [6.07, 6.45) is -5.94. The molecule has 1 atom stereocenters. The number of hydrogen-bond donors (Lipinski definition) is 1. The lowest BCUT2D eigenvalue weighted by Crippen LogP contribution is -2.23. The number of rotatable bonds is 3. The van der Waals surface area contributed by atoms with Crippen LogP contribution in [0.2, 0.25) is 0 Å². The van der Waals surface area contributed by atoms with E-state index in [2.05, 4.69) is 0 Å². The average molecular weight is 261 g/mol. The molecule has 0 aliphatic heterocycles. The van der Waals surface area contributed by atoms with Crippen molar-refractivity contribution < 1.29 is 27.5 Å². The number of carboxylic acids is 1. The summed E-state index contributed by atoms with van der Waals surface area (Å²) in [5.41, 5.74) is -0.991. The molecule has 1 rings (SSSR count). The molecule has 0 aromatic heterocycles. The van der Waals surface area contributed by atoms with Crippen molar-refractivity contribution in [2.75, 3.05) is 0 Å². The highest BCUT2D eigenvalue weighted by Crippen LogP contribution is 2.37. The first-order valence-electron chi connectivity index (χ1n) is 4.73. The lowest BCUT2D eigenvalue weighted by molar-refractivity contribution is -0.163. The molecule has 0 amide bonds. The minimum absolute atomic E-state index is 0.442. The summed E-state index contributed by atoms with van der Waals surface area (Å²) >= 11 is 0. The third kappa shape index (κ3) is 3.20. The van der Waals surface area contributed by atoms with Crippen LogP contribution in [0.25, 0.3) is 0 Å². The summed E-state index contributed by atoms with van der Waals surface area (Å²) < 4.78 is 51.0. The zero-order valence-corrected chi connectivity index (χ0v) is 8.83. The number of aliphatic carboxylic acids is 1. The van der Waals surface area contributed by atoms with Crippen molar-refractivity contribution in [1.82, 2.24) is 0 Å². The lowest BCUT2D eigenvalue weighted by Gasteiger charge is -2.19. The number of carbonyl (C=O) groups is 1. The molecule has 0 aliphatic carbocycles. The highest BCUT2D eigenvalue weighted by Gasteiger charge is 2.42. The van der Waals surface area contributed by atoms with Crippen molar-refractivity contribution in [3.8, 4) is 6.07 Å². The van der Waals surface area contributed by atoms with Gasteiger partial charge in [-0.25, -0.2) is 4.39 Å². The maximum atomic E-state index is 13.0. The van der Waals surface area contributed by atoms with Crippen LogP contribution in [-0.4, -0.2) is 17.3 Å². The molecule has 0 fully saturated rings. The van der Waals surface area contributed by atoms with E-state index >= 15 is 0 Å². The van der Waals surface area contributed by atoms with E-state index in [1.165, 1.54) is 6.07 Å². The third-order valence-corrected chi connectivity index (χ3v) is 2.29. The quantitative estimate of drug-likeness (QED) is 0.851. The summed E-state index contributed by atoms with van der Waals surface area (Å²) in [7, 11) is 0. The Kier molecular flexibility index (Phi) is 3.91. The Morgan fingerprint density at radius 2 is 2.06 bits per heavy atom. The van der Waals surface area contributed by atoms with Crippen LogP contribution in [0, 0.1) is 17.1 Å². The zero-order valence-electron chi connectivity index (χ0n) is 8.83. The Morgan fingerprint density at radius 1 is 1.44 bits per heavy atom. The van der Waals surface area contributed by atoms with Crippen LogP contribution in [0.15, 0.2) is 18.2 Å². The van der Waals surface area contributed by atoms with Crippen molar-refractivity contribution in [1.29, 1.82) is 5.26 Å². The van der Waals surface area contributed by atoms with Crippen LogP contribution in [0.3, 0.4) is 0 Å².